The van der Waals surface area contributed by atoms with Crippen molar-refractivity contribution in [3.05, 3.63) is 0 Å². The molecule has 0 amide bonds. The zero-order valence-electron chi connectivity index (χ0n) is 23.6. The molecule has 5 N–H and O–H groups in total. The van der Waals surface area contributed by atoms with Crippen LogP contribution < -0.4 is 5.90 Å². The average molecular weight is 524 g/mol. The van der Waals surface area contributed by atoms with E-state index in [1.54, 1.807) is 0 Å². The van der Waals surface area contributed by atoms with Crippen LogP contribution >= 0.6 is 0 Å². The average Bonchev–Trinajstić information content (AvgIpc) is 3.19. The Labute approximate surface area is 223 Å². The minimum absolute atomic E-state index is 0.0952. The van der Waals surface area contributed by atoms with Crippen LogP contribution in [0, 0.1) is 46.3 Å². The zero-order chi connectivity index (χ0) is 26.6. The SMILES string of the molecule is CC(CC[C@@H](O)OC1(C)CCO[C@@H](O)C1)C1CCC2C3C(ON)CC4CC(O)CCC4(C)C3CCC12C. The van der Waals surface area contributed by atoms with Crippen molar-refractivity contribution in [3.63, 3.8) is 0 Å². The Bertz CT molecular complexity index is 798. The summed E-state index contributed by atoms with van der Waals surface area (Å²) in [5, 5.41) is 31.0. The molecule has 214 valence electrons. The third-order valence-electron chi connectivity index (χ3n) is 12.4. The van der Waals surface area contributed by atoms with Gasteiger partial charge >= 0.3 is 0 Å². The monoisotopic (exact) mass is 523 g/mol. The molecular weight excluding hydrogens is 470 g/mol. The summed E-state index contributed by atoms with van der Waals surface area (Å²) in [7, 11) is 0. The summed E-state index contributed by atoms with van der Waals surface area (Å²) in [4.78, 5) is 5.75. The molecule has 37 heavy (non-hydrogen) atoms. The molecule has 0 aromatic heterocycles. The molecule has 1 aliphatic heterocycles. The van der Waals surface area contributed by atoms with E-state index in [1.165, 1.54) is 25.7 Å². The highest BCUT2D eigenvalue weighted by Gasteiger charge is 2.63. The fourth-order valence-electron chi connectivity index (χ4n) is 10.3. The van der Waals surface area contributed by atoms with Crippen LogP contribution in [0.5, 0.6) is 0 Å². The van der Waals surface area contributed by atoms with Crippen molar-refractivity contribution >= 4 is 0 Å². The summed E-state index contributed by atoms with van der Waals surface area (Å²) in [6.07, 6.45) is 9.85. The maximum atomic E-state index is 10.7. The highest BCUT2D eigenvalue weighted by Crippen LogP contribution is 2.68. The van der Waals surface area contributed by atoms with E-state index in [0.717, 1.165) is 32.1 Å². The lowest BCUT2D eigenvalue weighted by molar-refractivity contribution is -0.245. The first-order valence-corrected chi connectivity index (χ1v) is 15.2. The smallest absolute Gasteiger partial charge is 0.157 e. The quantitative estimate of drug-likeness (QED) is 0.287. The Kier molecular flexibility index (Phi) is 8.10. The standard InChI is InChI=1S/C30H53NO6/c1-18(5-8-25(33)36-28(2)13-14-35-26(34)17-28)21-6-7-22-27-23(10-12-30(21,22)4)29(3)11-9-20(32)15-19(29)16-24(27)37-31/h18-27,32-34H,5-17,31H2,1-4H3/t18?,19?,20?,21?,22?,23?,24?,25-,26+,27?,28?,29?,30?/m0/s1. The summed E-state index contributed by atoms with van der Waals surface area (Å²) in [6, 6.07) is 0. The van der Waals surface area contributed by atoms with Crippen molar-refractivity contribution in [2.75, 3.05) is 6.61 Å². The molecular formula is C30H53NO6. The van der Waals surface area contributed by atoms with Crippen LogP contribution in [0.15, 0.2) is 0 Å². The molecule has 4 saturated carbocycles. The Hall–Kier alpha value is -0.280. The van der Waals surface area contributed by atoms with Gasteiger partial charge in [0.25, 0.3) is 0 Å². The van der Waals surface area contributed by atoms with Gasteiger partial charge in [-0.25, -0.2) is 5.90 Å². The normalized spacial score (nSPS) is 51.6. The predicted octanol–water partition coefficient (Wildman–Crippen LogP) is 4.51. The molecule has 11 unspecified atom stereocenters. The lowest BCUT2D eigenvalue weighted by Gasteiger charge is -2.62. The van der Waals surface area contributed by atoms with Crippen LogP contribution in [0.2, 0.25) is 0 Å². The van der Waals surface area contributed by atoms with E-state index >= 15 is 0 Å². The van der Waals surface area contributed by atoms with Crippen molar-refractivity contribution in [3.8, 4) is 0 Å². The van der Waals surface area contributed by atoms with Crippen LogP contribution in [-0.2, 0) is 14.3 Å². The molecule has 0 spiro atoms. The fraction of sp³-hybridized carbons (Fsp3) is 1.00. The highest BCUT2D eigenvalue weighted by molar-refractivity contribution is 5.12. The molecule has 1 heterocycles. The van der Waals surface area contributed by atoms with Crippen molar-refractivity contribution in [2.24, 2.45) is 52.2 Å². The van der Waals surface area contributed by atoms with Gasteiger partial charge in [0.05, 0.1) is 24.4 Å². The first kappa shape index (κ1) is 28.3. The van der Waals surface area contributed by atoms with E-state index in [4.69, 9.17) is 20.2 Å². The van der Waals surface area contributed by atoms with Crippen LogP contribution in [0.4, 0.5) is 0 Å². The van der Waals surface area contributed by atoms with E-state index in [9.17, 15) is 15.3 Å². The maximum absolute atomic E-state index is 10.7. The first-order valence-electron chi connectivity index (χ1n) is 15.2. The Morgan fingerprint density at radius 3 is 2.41 bits per heavy atom. The third-order valence-corrected chi connectivity index (χ3v) is 12.4. The van der Waals surface area contributed by atoms with Gasteiger partial charge in [-0.15, -0.1) is 0 Å². The highest BCUT2D eigenvalue weighted by atomic mass is 16.6. The lowest BCUT2D eigenvalue weighted by atomic mass is 9.43. The number of aliphatic hydroxyl groups is 3. The summed E-state index contributed by atoms with van der Waals surface area (Å²) in [5.74, 6) is 9.38. The third kappa shape index (κ3) is 5.16. The minimum Gasteiger partial charge on any atom is -0.393 e. The molecule has 7 heteroatoms. The van der Waals surface area contributed by atoms with Gasteiger partial charge in [-0.3, -0.25) is 0 Å². The molecule has 5 rings (SSSR count). The van der Waals surface area contributed by atoms with Gasteiger partial charge < -0.3 is 29.6 Å². The second kappa shape index (κ2) is 10.6. The molecule has 4 aliphatic carbocycles. The zero-order valence-corrected chi connectivity index (χ0v) is 23.6. The first-order chi connectivity index (χ1) is 17.5. The number of aliphatic hydroxyl groups excluding tert-OH is 3. The molecule has 5 aliphatic rings. The Morgan fingerprint density at radius 2 is 1.68 bits per heavy atom. The number of ether oxygens (including phenoxy) is 2. The Balaban J connectivity index is 1.23. The van der Waals surface area contributed by atoms with Gasteiger partial charge in [-0.05, 0) is 124 Å². The number of rotatable bonds is 7. The van der Waals surface area contributed by atoms with Crippen LogP contribution in [-0.4, -0.2) is 52.3 Å². The van der Waals surface area contributed by atoms with E-state index in [-0.39, 0.29) is 17.6 Å². The van der Waals surface area contributed by atoms with E-state index in [1.807, 2.05) is 6.92 Å². The van der Waals surface area contributed by atoms with Crippen molar-refractivity contribution in [1.82, 2.24) is 0 Å². The van der Waals surface area contributed by atoms with Crippen LogP contribution in [0.1, 0.15) is 105 Å². The number of fused-ring (bicyclic) bond motifs is 5. The molecule has 7 nitrogen and oxygen atoms in total. The summed E-state index contributed by atoms with van der Waals surface area (Å²) in [6.45, 7) is 9.83. The molecule has 0 aromatic rings. The number of hydrogen-bond donors (Lipinski definition) is 4. The molecule has 0 aromatic carbocycles. The van der Waals surface area contributed by atoms with Gasteiger partial charge in [0.1, 0.15) is 0 Å². The van der Waals surface area contributed by atoms with Crippen LogP contribution in [0.25, 0.3) is 0 Å². The predicted molar refractivity (Wildman–Crippen MR) is 141 cm³/mol. The van der Waals surface area contributed by atoms with E-state index in [0.29, 0.717) is 66.8 Å². The molecule has 0 radical (unpaired) electrons. The second-order valence-electron chi connectivity index (χ2n) is 14.4. The fourth-order valence-corrected chi connectivity index (χ4v) is 10.3. The summed E-state index contributed by atoms with van der Waals surface area (Å²) in [5.41, 5.74) is 0.0289. The Morgan fingerprint density at radius 1 is 0.946 bits per heavy atom. The number of nitrogens with two attached hydrogens (primary N) is 1. The van der Waals surface area contributed by atoms with E-state index in [2.05, 4.69) is 20.8 Å². The second-order valence-corrected chi connectivity index (χ2v) is 14.4. The lowest BCUT2D eigenvalue weighted by Crippen LogP contribution is -2.59. The minimum atomic E-state index is -0.814. The molecule has 13 atom stereocenters. The van der Waals surface area contributed by atoms with Gasteiger partial charge in [0.15, 0.2) is 12.6 Å². The van der Waals surface area contributed by atoms with Crippen molar-refractivity contribution in [1.29, 1.82) is 0 Å². The van der Waals surface area contributed by atoms with Crippen molar-refractivity contribution < 1.29 is 29.6 Å². The molecule has 0 bridgehead atoms. The summed E-state index contributed by atoms with van der Waals surface area (Å²) < 4.78 is 11.3. The largest absolute Gasteiger partial charge is 0.393 e. The summed E-state index contributed by atoms with van der Waals surface area (Å²) >= 11 is 0. The molecule has 1 saturated heterocycles. The maximum Gasteiger partial charge on any atom is 0.157 e. The topological polar surface area (TPSA) is 114 Å². The number of hydrogen-bond acceptors (Lipinski definition) is 7. The van der Waals surface area contributed by atoms with Gasteiger partial charge in [-0.2, -0.15) is 0 Å². The van der Waals surface area contributed by atoms with Crippen molar-refractivity contribution in [2.45, 2.75) is 135 Å². The van der Waals surface area contributed by atoms with Gasteiger partial charge in [-0.1, -0.05) is 20.8 Å². The molecule has 5 fully saturated rings. The van der Waals surface area contributed by atoms with Crippen LogP contribution in [0.3, 0.4) is 0 Å². The van der Waals surface area contributed by atoms with Gasteiger partial charge in [0, 0.05) is 6.42 Å². The van der Waals surface area contributed by atoms with Gasteiger partial charge in [0.2, 0.25) is 0 Å². The van der Waals surface area contributed by atoms with E-state index < -0.39 is 18.2 Å².